The Morgan fingerprint density at radius 1 is 1.27 bits per heavy atom. The average molecular weight is 417 g/mol. The molecule has 0 N–H and O–H groups in total. The second-order valence-corrected chi connectivity index (χ2v) is 6.93. The number of carbonyl (C=O) groups is 1. The van der Waals surface area contributed by atoms with E-state index in [1.54, 1.807) is 24.5 Å². The number of halogens is 3. The molecular formula is C22H22F3N3O2. The number of carbonyl (C=O) groups excluding carboxylic acids is 1. The quantitative estimate of drug-likeness (QED) is 0.273. The van der Waals surface area contributed by atoms with Crippen LogP contribution in [0.15, 0.2) is 53.9 Å². The van der Waals surface area contributed by atoms with Gasteiger partial charge in [0.25, 0.3) is 0 Å². The summed E-state index contributed by atoms with van der Waals surface area (Å²) >= 11 is 0. The summed E-state index contributed by atoms with van der Waals surface area (Å²) in [6, 6.07) is 11.0. The van der Waals surface area contributed by atoms with Crippen LogP contribution in [0.1, 0.15) is 37.3 Å². The summed E-state index contributed by atoms with van der Waals surface area (Å²) in [4.78, 5) is 21.4. The maximum absolute atomic E-state index is 12.3. The van der Waals surface area contributed by atoms with Crippen LogP contribution < -0.4 is 0 Å². The van der Waals surface area contributed by atoms with E-state index < -0.39 is 24.8 Å². The van der Waals surface area contributed by atoms with E-state index in [4.69, 9.17) is 4.84 Å². The Morgan fingerprint density at radius 3 is 2.87 bits per heavy atom. The molecule has 30 heavy (non-hydrogen) atoms. The summed E-state index contributed by atoms with van der Waals surface area (Å²) in [5.41, 5.74) is 3.89. The maximum atomic E-state index is 12.3. The number of imidazole rings is 1. The van der Waals surface area contributed by atoms with E-state index in [0.29, 0.717) is 12.2 Å². The molecule has 0 radical (unpaired) electrons. The first-order valence-corrected chi connectivity index (χ1v) is 9.66. The monoisotopic (exact) mass is 417 g/mol. The smallest absolute Gasteiger partial charge is 0.389 e. The number of oxime groups is 1. The van der Waals surface area contributed by atoms with E-state index in [-0.39, 0.29) is 6.42 Å². The number of ketones is 1. The van der Waals surface area contributed by atoms with Gasteiger partial charge < -0.3 is 4.84 Å². The molecule has 0 unspecified atom stereocenters. The van der Waals surface area contributed by atoms with Crippen LogP contribution in [0.5, 0.6) is 0 Å². The highest BCUT2D eigenvalue weighted by atomic mass is 19.4. The number of Topliss-reactive ketones (excluding diaryl/α,β-unsaturated/α-hetero) is 1. The van der Waals surface area contributed by atoms with E-state index in [1.165, 1.54) is 0 Å². The number of rotatable bonds is 9. The van der Waals surface area contributed by atoms with E-state index in [9.17, 15) is 18.0 Å². The molecule has 0 fully saturated rings. The van der Waals surface area contributed by atoms with Crippen LogP contribution in [-0.4, -0.2) is 34.2 Å². The number of nitrogens with zero attached hydrogens (tertiary/aromatic N) is 3. The van der Waals surface area contributed by atoms with Crippen LogP contribution in [0.2, 0.25) is 0 Å². The minimum Gasteiger partial charge on any atom is -0.396 e. The molecule has 2 heterocycles. The zero-order valence-corrected chi connectivity index (χ0v) is 16.5. The standard InChI is InChI=1S/C22H22F3N3O2/c1-2-10-30-27-14-17-7-9-28-20(15-26-21(28)13-17)18-5-3-4-16(11-18)12-19(29)6-8-22(23,24)25/h3-5,7,9,11,13-15H,2,6,8,10,12H2,1H3/b27-14-. The summed E-state index contributed by atoms with van der Waals surface area (Å²) in [6.07, 6.45) is 0.140. The molecule has 0 atom stereocenters. The van der Waals surface area contributed by atoms with Crippen LogP contribution in [0.25, 0.3) is 16.9 Å². The average Bonchev–Trinajstić information content (AvgIpc) is 3.13. The van der Waals surface area contributed by atoms with Gasteiger partial charge in [-0.3, -0.25) is 9.20 Å². The van der Waals surface area contributed by atoms with Gasteiger partial charge in [0.15, 0.2) is 0 Å². The highest BCUT2D eigenvalue weighted by Gasteiger charge is 2.27. The van der Waals surface area contributed by atoms with Crippen molar-refractivity contribution in [2.45, 2.75) is 38.8 Å². The predicted octanol–water partition coefficient (Wildman–Crippen LogP) is 5.22. The van der Waals surface area contributed by atoms with Gasteiger partial charge in [-0.1, -0.05) is 30.3 Å². The van der Waals surface area contributed by atoms with Crippen molar-refractivity contribution in [3.8, 4) is 11.3 Å². The molecule has 0 saturated carbocycles. The fourth-order valence-electron chi connectivity index (χ4n) is 2.97. The highest BCUT2D eigenvalue weighted by Crippen LogP contribution is 2.24. The molecule has 2 aromatic heterocycles. The highest BCUT2D eigenvalue weighted by molar-refractivity contribution is 5.82. The van der Waals surface area contributed by atoms with Gasteiger partial charge >= 0.3 is 6.18 Å². The van der Waals surface area contributed by atoms with Crippen LogP contribution >= 0.6 is 0 Å². The number of hydrogen-bond donors (Lipinski definition) is 0. The van der Waals surface area contributed by atoms with Crippen molar-refractivity contribution in [1.82, 2.24) is 9.38 Å². The summed E-state index contributed by atoms with van der Waals surface area (Å²) in [6.45, 7) is 2.56. The molecule has 0 aliphatic heterocycles. The molecule has 0 aliphatic carbocycles. The molecule has 0 amide bonds. The predicted molar refractivity (Wildman–Crippen MR) is 108 cm³/mol. The Kier molecular flexibility index (Phi) is 6.87. The Bertz CT molecular complexity index is 1040. The fraction of sp³-hybridized carbons (Fsp3) is 0.318. The Balaban J connectivity index is 1.75. The SMILES string of the molecule is CCCO/N=C\c1ccn2c(-c3cccc(CC(=O)CCC(F)(F)F)c3)cnc2c1. The van der Waals surface area contributed by atoms with Crippen LogP contribution in [0.4, 0.5) is 13.2 Å². The molecule has 3 rings (SSSR count). The van der Waals surface area contributed by atoms with Crippen LogP contribution in [-0.2, 0) is 16.1 Å². The van der Waals surface area contributed by atoms with Crippen LogP contribution in [0.3, 0.4) is 0 Å². The lowest BCUT2D eigenvalue weighted by atomic mass is 10.0. The number of pyridine rings is 1. The Morgan fingerprint density at radius 2 is 2.10 bits per heavy atom. The van der Waals surface area contributed by atoms with Gasteiger partial charge in [-0.15, -0.1) is 0 Å². The van der Waals surface area contributed by atoms with Gasteiger partial charge in [0.2, 0.25) is 0 Å². The lowest BCUT2D eigenvalue weighted by Gasteiger charge is -2.07. The van der Waals surface area contributed by atoms with E-state index in [2.05, 4.69) is 10.1 Å². The number of benzene rings is 1. The first-order chi connectivity index (χ1) is 14.4. The summed E-state index contributed by atoms with van der Waals surface area (Å²) < 4.78 is 38.8. The first kappa shape index (κ1) is 21.5. The van der Waals surface area contributed by atoms with Crippen molar-refractivity contribution in [1.29, 1.82) is 0 Å². The van der Waals surface area contributed by atoms with E-state index in [1.807, 2.05) is 41.8 Å². The summed E-state index contributed by atoms with van der Waals surface area (Å²) in [5, 5.41) is 3.91. The number of fused-ring (bicyclic) bond motifs is 1. The number of hydrogen-bond acceptors (Lipinski definition) is 4. The first-order valence-electron chi connectivity index (χ1n) is 9.66. The third kappa shape index (κ3) is 5.92. The molecule has 0 aliphatic rings. The summed E-state index contributed by atoms with van der Waals surface area (Å²) in [5.74, 6) is -0.433. The Hall–Kier alpha value is -3.16. The van der Waals surface area contributed by atoms with Gasteiger partial charge in [-0.05, 0) is 30.2 Å². The van der Waals surface area contributed by atoms with Gasteiger partial charge in [-0.25, -0.2) is 4.98 Å². The van der Waals surface area contributed by atoms with Gasteiger partial charge in [0, 0.05) is 30.2 Å². The summed E-state index contributed by atoms with van der Waals surface area (Å²) in [7, 11) is 0. The van der Waals surface area contributed by atoms with Crippen LogP contribution in [0, 0.1) is 0 Å². The molecule has 5 nitrogen and oxygen atoms in total. The molecule has 0 saturated heterocycles. The number of alkyl halides is 3. The molecular weight excluding hydrogens is 395 g/mol. The van der Waals surface area contributed by atoms with Crippen molar-refractivity contribution in [3.63, 3.8) is 0 Å². The minimum absolute atomic E-state index is 0.0287. The molecule has 8 heteroatoms. The van der Waals surface area contributed by atoms with Crippen molar-refractivity contribution >= 4 is 17.6 Å². The molecule has 0 bridgehead atoms. The molecule has 1 aromatic carbocycles. The molecule has 3 aromatic rings. The second kappa shape index (κ2) is 9.56. The molecule has 158 valence electrons. The normalized spacial score (nSPS) is 12.0. The van der Waals surface area contributed by atoms with Gasteiger partial charge in [0.1, 0.15) is 18.0 Å². The van der Waals surface area contributed by atoms with E-state index >= 15 is 0 Å². The number of aromatic nitrogens is 2. The van der Waals surface area contributed by atoms with E-state index in [0.717, 1.165) is 28.9 Å². The van der Waals surface area contributed by atoms with Crippen molar-refractivity contribution in [2.75, 3.05) is 6.61 Å². The topological polar surface area (TPSA) is 56.0 Å². The second-order valence-electron chi connectivity index (χ2n) is 6.93. The van der Waals surface area contributed by atoms with Gasteiger partial charge in [-0.2, -0.15) is 13.2 Å². The van der Waals surface area contributed by atoms with Gasteiger partial charge in [0.05, 0.1) is 24.5 Å². The van der Waals surface area contributed by atoms with Crippen molar-refractivity contribution in [2.24, 2.45) is 5.16 Å². The zero-order chi connectivity index (χ0) is 21.6. The lowest BCUT2D eigenvalue weighted by molar-refractivity contribution is -0.143. The fourth-order valence-corrected chi connectivity index (χ4v) is 2.97. The third-order valence-corrected chi connectivity index (χ3v) is 4.42. The lowest BCUT2D eigenvalue weighted by Crippen LogP contribution is -2.12. The maximum Gasteiger partial charge on any atom is 0.389 e. The largest absolute Gasteiger partial charge is 0.396 e. The third-order valence-electron chi connectivity index (χ3n) is 4.42. The zero-order valence-electron chi connectivity index (χ0n) is 16.5. The Labute approximate surface area is 172 Å². The molecule has 0 spiro atoms. The minimum atomic E-state index is -4.32. The van der Waals surface area contributed by atoms with Crippen molar-refractivity contribution < 1.29 is 22.8 Å². The van der Waals surface area contributed by atoms with Crippen molar-refractivity contribution in [3.05, 3.63) is 59.9 Å².